The Kier molecular flexibility index (Phi) is 7.00. The summed E-state index contributed by atoms with van der Waals surface area (Å²) in [6.07, 6.45) is 1.81. The summed E-state index contributed by atoms with van der Waals surface area (Å²) in [6, 6.07) is 21.7. The number of carbonyl (C=O) groups excluding carboxylic acids is 2. The molecule has 2 amide bonds. The van der Waals surface area contributed by atoms with Crippen molar-refractivity contribution in [1.29, 1.82) is 0 Å². The average molecular weight is 538 g/mol. The molecule has 0 bridgehead atoms. The van der Waals surface area contributed by atoms with E-state index in [0.717, 1.165) is 35.0 Å². The number of carbonyl (C=O) groups is 2. The van der Waals surface area contributed by atoms with Gasteiger partial charge >= 0.3 is 0 Å². The van der Waals surface area contributed by atoms with Crippen LogP contribution in [0, 0.1) is 6.92 Å². The topological polar surface area (TPSA) is 107 Å². The van der Waals surface area contributed by atoms with E-state index in [9.17, 15) is 9.59 Å². The number of anilines is 1. The maximum atomic E-state index is 14.3. The molecule has 1 aliphatic rings. The summed E-state index contributed by atoms with van der Waals surface area (Å²) in [7, 11) is 1.87. The van der Waals surface area contributed by atoms with Gasteiger partial charge in [-0.3, -0.25) is 14.5 Å². The summed E-state index contributed by atoms with van der Waals surface area (Å²) in [5.41, 5.74) is 4.61. The highest BCUT2D eigenvalue weighted by molar-refractivity contribution is 6.01. The number of imidazole rings is 1. The Hall–Kier alpha value is -4.57. The second-order valence-electron chi connectivity index (χ2n) is 10.1. The third-order valence-electron chi connectivity index (χ3n) is 7.35. The maximum absolute atomic E-state index is 14.3. The van der Waals surface area contributed by atoms with Gasteiger partial charge in [-0.1, -0.05) is 41.6 Å². The molecule has 3 aromatic carbocycles. The van der Waals surface area contributed by atoms with Gasteiger partial charge in [0.1, 0.15) is 17.9 Å². The van der Waals surface area contributed by atoms with Crippen LogP contribution < -0.4 is 10.2 Å². The number of nitrogens with one attached hydrogen (secondary N) is 1. The molecule has 6 rings (SSSR count). The third kappa shape index (κ3) is 4.93. The first-order chi connectivity index (χ1) is 19.5. The highest BCUT2D eigenvalue weighted by Crippen LogP contribution is 2.31. The van der Waals surface area contributed by atoms with Crippen LogP contribution in [0.5, 0.6) is 0 Å². The Morgan fingerprint density at radius 1 is 1.05 bits per heavy atom. The van der Waals surface area contributed by atoms with Crippen molar-refractivity contribution in [2.45, 2.75) is 38.5 Å². The summed E-state index contributed by atoms with van der Waals surface area (Å²) in [5, 5.41) is 11.5. The fraction of sp³-hybridized carbons (Fsp3) is 0.300. The molecule has 3 heterocycles. The monoisotopic (exact) mass is 537 g/mol. The van der Waals surface area contributed by atoms with Crippen LogP contribution in [0.25, 0.3) is 22.1 Å². The van der Waals surface area contributed by atoms with Crippen LogP contribution >= 0.6 is 0 Å². The van der Waals surface area contributed by atoms with Gasteiger partial charge in [0.05, 0.1) is 22.7 Å². The van der Waals surface area contributed by atoms with Crippen molar-refractivity contribution in [2.24, 2.45) is 7.05 Å². The first-order valence-corrected chi connectivity index (χ1v) is 13.5. The van der Waals surface area contributed by atoms with E-state index < -0.39 is 6.04 Å². The van der Waals surface area contributed by atoms with Crippen LogP contribution in [0.15, 0.2) is 72.8 Å². The van der Waals surface area contributed by atoms with Gasteiger partial charge in [-0.2, -0.15) is 0 Å². The van der Waals surface area contributed by atoms with Crippen LogP contribution in [0.3, 0.4) is 0 Å². The average Bonchev–Trinajstić information content (AvgIpc) is 3.70. The summed E-state index contributed by atoms with van der Waals surface area (Å²) in [5.74, 6) is -0.179. The lowest BCUT2D eigenvalue weighted by Crippen LogP contribution is -2.47. The van der Waals surface area contributed by atoms with Crippen molar-refractivity contribution in [1.82, 2.24) is 29.9 Å². The van der Waals surface area contributed by atoms with E-state index >= 15 is 0 Å². The molecule has 1 aliphatic heterocycles. The van der Waals surface area contributed by atoms with E-state index in [1.54, 1.807) is 4.68 Å². The van der Waals surface area contributed by atoms with Crippen LogP contribution in [0.2, 0.25) is 0 Å². The van der Waals surface area contributed by atoms with Crippen LogP contribution in [-0.4, -0.2) is 55.6 Å². The van der Waals surface area contributed by atoms with Gasteiger partial charge in [-0.15, -0.1) is 5.10 Å². The predicted molar refractivity (Wildman–Crippen MR) is 152 cm³/mol. The Morgan fingerprint density at radius 2 is 1.82 bits per heavy atom. The number of hydrogen-bond acceptors (Lipinski definition) is 6. The van der Waals surface area contributed by atoms with Crippen molar-refractivity contribution in [3.8, 4) is 0 Å². The molecule has 10 heteroatoms. The molecule has 0 saturated carbocycles. The smallest absolute Gasteiger partial charge is 0.251 e. The summed E-state index contributed by atoms with van der Waals surface area (Å²) >= 11 is 0. The first kappa shape index (κ1) is 25.7. The van der Waals surface area contributed by atoms with Gasteiger partial charge in [-0.25, -0.2) is 9.67 Å². The second-order valence-corrected chi connectivity index (χ2v) is 10.1. The van der Waals surface area contributed by atoms with Gasteiger partial charge in [0.15, 0.2) is 6.04 Å². The Balaban J connectivity index is 1.45. The highest BCUT2D eigenvalue weighted by Gasteiger charge is 2.37. The number of aromatic nitrogens is 5. The number of amides is 2. The van der Waals surface area contributed by atoms with Gasteiger partial charge < -0.3 is 14.6 Å². The number of nitrogens with zero attached hydrogens (tertiary/aromatic N) is 6. The molecule has 40 heavy (non-hydrogen) atoms. The molecule has 1 fully saturated rings. The van der Waals surface area contributed by atoms with Gasteiger partial charge in [0.25, 0.3) is 5.91 Å². The van der Waals surface area contributed by atoms with E-state index in [1.807, 2.05) is 91.3 Å². The number of para-hydroxylation sites is 3. The van der Waals surface area contributed by atoms with Gasteiger partial charge in [0.2, 0.25) is 5.91 Å². The zero-order valence-corrected chi connectivity index (χ0v) is 22.5. The standard InChI is InChI=1S/C30H31N7O3/c1-20-9-7-10-21(17-20)37(27(38)19-36-26-15-6-4-13-24(26)33-34-36)28(30(39)31-18-22-11-8-16-40-22)29-32-23-12-3-5-14-25(23)35(29)2/h3-7,9-10,12-15,17,22,28H,8,11,16,18-19H2,1-2H3,(H,31,39). The Labute approximate surface area is 231 Å². The zero-order chi connectivity index (χ0) is 27.6. The van der Waals surface area contributed by atoms with E-state index in [4.69, 9.17) is 9.72 Å². The number of benzene rings is 3. The lowest BCUT2D eigenvalue weighted by atomic mass is 10.1. The molecule has 0 radical (unpaired) electrons. The number of fused-ring (bicyclic) bond motifs is 2. The summed E-state index contributed by atoms with van der Waals surface area (Å²) in [4.78, 5) is 34.8. The van der Waals surface area contributed by atoms with Crippen molar-refractivity contribution in [2.75, 3.05) is 18.1 Å². The normalized spacial score (nSPS) is 15.9. The van der Waals surface area contributed by atoms with E-state index in [2.05, 4.69) is 15.6 Å². The Bertz CT molecular complexity index is 1690. The third-order valence-corrected chi connectivity index (χ3v) is 7.35. The quantitative estimate of drug-likeness (QED) is 0.324. The van der Waals surface area contributed by atoms with E-state index in [0.29, 0.717) is 30.2 Å². The molecule has 2 aromatic heterocycles. The first-order valence-electron chi connectivity index (χ1n) is 13.5. The molecule has 204 valence electrons. The number of aryl methyl sites for hydroxylation is 2. The molecular formula is C30H31N7O3. The fourth-order valence-electron chi connectivity index (χ4n) is 5.33. The highest BCUT2D eigenvalue weighted by atomic mass is 16.5. The van der Waals surface area contributed by atoms with Crippen molar-refractivity contribution < 1.29 is 14.3 Å². The zero-order valence-electron chi connectivity index (χ0n) is 22.5. The Morgan fingerprint density at radius 3 is 2.58 bits per heavy atom. The van der Waals surface area contributed by atoms with Crippen molar-refractivity contribution in [3.63, 3.8) is 0 Å². The van der Waals surface area contributed by atoms with Crippen molar-refractivity contribution >= 4 is 39.6 Å². The van der Waals surface area contributed by atoms with Gasteiger partial charge in [-0.05, 0) is 61.7 Å². The fourth-order valence-corrected chi connectivity index (χ4v) is 5.33. The second kappa shape index (κ2) is 10.9. The van der Waals surface area contributed by atoms with E-state index in [-0.39, 0.29) is 24.5 Å². The summed E-state index contributed by atoms with van der Waals surface area (Å²) < 4.78 is 9.19. The lowest BCUT2D eigenvalue weighted by Gasteiger charge is -2.31. The molecule has 2 unspecified atom stereocenters. The minimum Gasteiger partial charge on any atom is -0.376 e. The molecule has 2 atom stereocenters. The molecule has 1 N–H and O–H groups in total. The maximum Gasteiger partial charge on any atom is 0.251 e. The van der Waals surface area contributed by atoms with Crippen LogP contribution in [0.4, 0.5) is 5.69 Å². The molecule has 10 nitrogen and oxygen atoms in total. The number of ether oxygens (including phenoxy) is 1. The molecule has 5 aromatic rings. The number of rotatable bonds is 8. The van der Waals surface area contributed by atoms with Crippen LogP contribution in [-0.2, 0) is 27.9 Å². The minimum atomic E-state index is -1.04. The molecule has 1 saturated heterocycles. The number of hydrogen-bond donors (Lipinski definition) is 1. The predicted octanol–water partition coefficient (Wildman–Crippen LogP) is 3.70. The lowest BCUT2D eigenvalue weighted by molar-refractivity contribution is -0.127. The SMILES string of the molecule is Cc1cccc(N(C(=O)Cn2nnc3ccccc32)C(C(=O)NCC2CCCO2)c2nc3ccccc3n2C)c1. The summed E-state index contributed by atoms with van der Waals surface area (Å²) in [6.45, 7) is 2.91. The van der Waals surface area contributed by atoms with Gasteiger partial charge in [0, 0.05) is 25.9 Å². The minimum absolute atomic E-state index is 0.0466. The molecule has 0 aliphatic carbocycles. The largest absolute Gasteiger partial charge is 0.376 e. The van der Waals surface area contributed by atoms with E-state index in [1.165, 1.54) is 4.90 Å². The molecule has 0 spiro atoms. The van der Waals surface area contributed by atoms with Crippen molar-refractivity contribution in [3.05, 3.63) is 84.2 Å². The van der Waals surface area contributed by atoms with Crippen LogP contribution in [0.1, 0.15) is 30.3 Å². The molecular weight excluding hydrogens is 506 g/mol.